The molecule has 0 radical (unpaired) electrons. The van der Waals surface area contributed by atoms with Crippen LogP contribution in [0, 0.1) is 0 Å². The van der Waals surface area contributed by atoms with Gasteiger partial charge < -0.3 is 15.4 Å². The summed E-state index contributed by atoms with van der Waals surface area (Å²) in [6, 6.07) is 7.63. The average Bonchev–Trinajstić information content (AvgIpc) is 2.49. The minimum absolute atomic E-state index is 0.282. The number of rotatable bonds is 2. The van der Waals surface area contributed by atoms with Crippen LogP contribution in [0.4, 0.5) is 11.8 Å². The summed E-state index contributed by atoms with van der Waals surface area (Å²) in [6.07, 6.45) is 1.76. The van der Waals surface area contributed by atoms with Gasteiger partial charge in [-0.15, -0.1) is 0 Å². The van der Waals surface area contributed by atoms with Crippen LogP contribution in [0.2, 0.25) is 5.02 Å². The second-order valence-corrected chi connectivity index (χ2v) is 5.01. The third kappa shape index (κ3) is 2.69. The van der Waals surface area contributed by atoms with Gasteiger partial charge in [0.25, 0.3) is 0 Å². The van der Waals surface area contributed by atoms with Crippen LogP contribution in [0.1, 0.15) is 0 Å². The Hall–Kier alpha value is -1.85. The van der Waals surface area contributed by atoms with Gasteiger partial charge in [0.15, 0.2) is 0 Å². The van der Waals surface area contributed by atoms with E-state index in [1.54, 1.807) is 6.20 Å². The van der Waals surface area contributed by atoms with E-state index in [0.29, 0.717) is 18.2 Å². The van der Waals surface area contributed by atoms with Gasteiger partial charge in [0.2, 0.25) is 5.95 Å². The molecule has 1 saturated heterocycles. The lowest BCUT2D eigenvalue weighted by atomic mass is 10.1. The number of nitrogens with two attached hydrogens (primary N) is 1. The van der Waals surface area contributed by atoms with Crippen molar-refractivity contribution in [1.82, 2.24) is 9.97 Å². The van der Waals surface area contributed by atoms with E-state index in [1.165, 1.54) is 0 Å². The van der Waals surface area contributed by atoms with Gasteiger partial charge in [-0.05, 0) is 17.7 Å². The lowest BCUT2D eigenvalue weighted by Crippen LogP contribution is -2.37. The predicted molar refractivity (Wildman–Crippen MR) is 79.9 cm³/mol. The fourth-order valence-corrected chi connectivity index (χ4v) is 2.36. The first-order valence-corrected chi connectivity index (χ1v) is 6.83. The second-order valence-electron chi connectivity index (χ2n) is 4.57. The molecule has 0 bridgehead atoms. The number of benzene rings is 1. The minimum atomic E-state index is 0.282. The summed E-state index contributed by atoms with van der Waals surface area (Å²) in [7, 11) is 0. The topological polar surface area (TPSA) is 64.3 Å². The van der Waals surface area contributed by atoms with E-state index in [9.17, 15) is 0 Å². The van der Waals surface area contributed by atoms with E-state index >= 15 is 0 Å². The normalized spacial score (nSPS) is 15.3. The Morgan fingerprint density at radius 2 is 1.85 bits per heavy atom. The van der Waals surface area contributed by atoms with Crippen LogP contribution in [0.3, 0.4) is 0 Å². The van der Waals surface area contributed by atoms with Crippen molar-refractivity contribution in [2.24, 2.45) is 0 Å². The van der Waals surface area contributed by atoms with Gasteiger partial charge >= 0.3 is 0 Å². The van der Waals surface area contributed by atoms with Gasteiger partial charge in [-0.25, -0.2) is 4.98 Å². The SMILES string of the molecule is Nc1ncc(-c2ccc(Cl)cc2)c(N2CCOCC2)n1. The Balaban J connectivity index is 2.03. The lowest BCUT2D eigenvalue weighted by molar-refractivity contribution is 0.122. The molecule has 0 unspecified atom stereocenters. The summed E-state index contributed by atoms with van der Waals surface area (Å²) in [5, 5.41) is 0.707. The lowest BCUT2D eigenvalue weighted by Gasteiger charge is -2.29. The van der Waals surface area contributed by atoms with Crippen LogP contribution in [0.25, 0.3) is 11.1 Å². The highest BCUT2D eigenvalue weighted by molar-refractivity contribution is 6.30. The summed E-state index contributed by atoms with van der Waals surface area (Å²) in [5.41, 5.74) is 7.72. The van der Waals surface area contributed by atoms with Gasteiger partial charge in [0.1, 0.15) is 5.82 Å². The molecule has 1 fully saturated rings. The smallest absolute Gasteiger partial charge is 0.221 e. The monoisotopic (exact) mass is 290 g/mol. The highest BCUT2D eigenvalue weighted by atomic mass is 35.5. The summed E-state index contributed by atoms with van der Waals surface area (Å²) < 4.78 is 5.38. The standard InChI is InChI=1S/C14H15ClN4O/c15-11-3-1-10(2-4-11)12-9-17-14(16)18-13(12)19-5-7-20-8-6-19/h1-4,9H,5-8H2,(H2,16,17,18). The Morgan fingerprint density at radius 1 is 1.15 bits per heavy atom. The molecule has 2 N–H and O–H groups in total. The average molecular weight is 291 g/mol. The molecule has 0 amide bonds. The van der Waals surface area contributed by atoms with Crippen molar-refractivity contribution in [2.45, 2.75) is 0 Å². The number of ether oxygens (including phenoxy) is 1. The van der Waals surface area contributed by atoms with Gasteiger partial charge in [-0.2, -0.15) is 4.98 Å². The maximum atomic E-state index is 5.93. The van der Waals surface area contributed by atoms with Gasteiger partial charge in [-0.3, -0.25) is 0 Å². The van der Waals surface area contributed by atoms with Crippen molar-refractivity contribution in [3.63, 3.8) is 0 Å². The minimum Gasteiger partial charge on any atom is -0.378 e. The van der Waals surface area contributed by atoms with E-state index < -0.39 is 0 Å². The van der Waals surface area contributed by atoms with E-state index in [-0.39, 0.29) is 5.95 Å². The molecule has 0 spiro atoms. The van der Waals surface area contributed by atoms with E-state index in [4.69, 9.17) is 22.1 Å². The van der Waals surface area contributed by atoms with Crippen molar-refractivity contribution in [3.05, 3.63) is 35.5 Å². The van der Waals surface area contributed by atoms with E-state index in [1.807, 2.05) is 24.3 Å². The molecule has 0 atom stereocenters. The molecule has 20 heavy (non-hydrogen) atoms. The zero-order valence-corrected chi connectivity index (χ0v) is 11.7. The van der Waals surface area contributed by atoms with Crippen molar-refractivity contribution in [1.29, 1.82) is 0 Å². The Kier molecular flexibility index (Phi) is 3.71. The maximum Gasteiger partial charge on any atom is 0.221 e. The number of hydrogen-bond acceptors (Lipinski definition) is 5. The molecule has 1 aromatic carbocycles. The first-order chi connectivity index (χ1) is 9.74. The van der Waals surface area contributed by atoms with Crippen LogP contribution in [0.5, 0.6) is 0 Å². The predicted octanol–water partition coefficient (Wildman–Crippen LogP) is 2.22. The van der Waals surface area contributed by atoms with Crippen LogP contribution in [-0.2, 0) is 4.74 Å². The number of morpholine rings is 1. The summed E-state index contributed by atoms with van der Waals surface area (Å²) >= 11 is 5.93. The fraction of sp³-hybridized carbons (Fsp3) is 0.286. The third-order valence-electron chi connectivity index (χ3n) is 3.25. The maximum absolute atomic E-state index is 5.93. The van der Waals surface area contributed by atoms with Crippen molar-refractivity contribution >= 4 is 23.4 Å². The molecule has 6 heteroatoms. The van der Waals surface area contributed by atoms with Gasteiger partial charge in [0.05, 0.1) is 13.2 Å². The first-order valence-electron chi connectivity index (χ1n) is 6.45. The highest BCUT2D eigenvalue weighted by Crippen LogP contribution is 2.30. The van der Waals surface area contributed by atoms with Crippen molar-refractivity contribution in [2.75, 3.05) is 36.9 Å². The molecule has 5 nitrogen and oxygen atoms in total. The molecule has 104 valence electrons. The van der Waals surface area contributed by atoms with Crippen LogP contribution in [-0.4, -0.2) is 36.3 Å². The van der Waals surface area contributed by atoms with Crippen LogP contribution in [0.15, 0.2) is 30.5 Å². The highest BCUT2D eigenvalue weighted by Gasteiger charge is 2.18. The Bertz CT molecular complexity index is 597. The molecular formula is C14H15ClN4O. The number of nitrogens with zero attached hydrogens (tertiary/aromatic N) is 3. The second kappa shape index (κ2) is 5.64. The summed E-state index contributed by atoms with van der Waals surface area (Å²) in [5.74, 6) is 1.13. The quantitative estimate of drug-likeness (QED) is 0.919. The number of aromatic nitrogens is 2. The molecule has 1 aliphatic heterocycles. The van der Waals surface area contributed by atoms with E-state index in [2.05, 4.69) is 14.9 Å². The first kappa shape index (κ1) is 13.1. The molecular weight excluding hydrogens is 276 g/mol. The Morgan fingerprint density at radius 3 is 2.55 bits per heavy atom. The molecule has 1 aliphatic rings. The van der Waals surface area contributed by atoms with Gasteiger partial charge in [0, 0.05) is 29.9 Å². The largest absolute Gasteiger partial charge is 0.378 e. The molecule has 3 rings (SSSR count). The number of anilines is 2. The molecule has 0 saturated carbocycles. The number of hydrogen-bond donors (Lipinski definition) is 1. The molecule has 2 aromatic rings. The van der Waals surface area contributed by atoms with Crippen molar-refractivity contribution in [3.8, 4) is 11.1 Å². The summed E-state index contributed by atoms with van der Waals surface area (Å²) in [4.78, 5) is 10.7. The zero-order chi connectivity index (χ0) is 13.9. The van der Waals surface area contributed by atoms with Crippen molar-refractivity contribution < 1.29 is 4.74 Å². The van der Waals surface area contributed by atoms with Crippen LogP contribution >= 0.6 is 11.6 Å². The molecule has 2 heterocycles. The molecule has 0 aliphatic carbocycles. The number of halogens is 1. The molecule has 1 aromatic heterocycles. The Labute approximate surface area is 122 Å². The van der Waals surface area contributed by atoms with Crippen LogP contribution < -0.4 is 10.6 Å². The summed E-state index contributed by atoms with van der Waals surface area (Å²) in [6.45, 7) is 3.00. The van der Waals surface area contributed by atoms with Gasteiger partial charge in [-0.1, -0.05) is 23.7 Å². The van der Waals surface area contributed by atoms with E-state index in [0.717, 1.165) is 30.0 Å². The third-order valence-corrected chi connectivity index (χ3v) is 3.51. The zero-order valence-electron chi connectivity index (χ0n) is 10.9. The number of nitrogen functional groups attached to an aromatic ring is 1. The fourth-order valence-electron chi connectivity index (χ4n) is 2.24.